The number of rotatable bonds is 24. The van der Waals surface area contributed by atoms with E-state index in [1.807, 2.05) is 19.2 Å². The molecule has 0 aromatic rings. The Morgan fingerprint density at radius 1 is 0.608 bits per heavy atom. The van der Waals surface area contributed by atoms with Gasteiger partial charge in [-0.2, -0.15) is 0 Å². The molecule has 18 N–H and O–H groups in total. The Morgan fingerprint density at radius 3 is 1.43 bits per heavy atom. The van der Waals surface area contributed by atoms with Crippen LogP contribution in [0, 0.1) is 5.92 Å². The number of carboxylic acids is 1. The number of hydrogen-bond donors (Lipinski definition) is 13. The zero-order chi connectivity index (χ0) is 39.3. The monoisotopic (exact) mass is 729 g/mol. The summed E-state index contributed by atoms with van der Waals surface area (Å²) in [5.74, 6) is -6.41. The summed E-state index contributed by atoms with van der Waals surface area (Å²) in [7, 11) is 0. The Bertz CT molecular complexity index is 1250. The van der Waals surface area contributed by atoms with Gasteiger partial charge in [0.05, 0.1) is 12.6 Å². The van der Waals surface area contributed by atoms with E-state index in [-0.39, 0.29) is 56.6 Å². The molecule has 6 amide bonds. The van der Waals surface area contributed by atoms with E-state index in [1.54, 1.807) is 0 Å². The summed E-state index contributed by atoms with van der Waals surface area (Å²) in [5.41, 5.74) is 27.3. The number of hydrogen-bond acceptors (Lipinski definition) is 11. The van der Waals surface area contributed by atoms with E-state index in [2.05, 4.69) is 36.6 Å². The van der Waals surface area contributed by atoms with Crippen LogP contribution in [0.4, 0.5) is 0 Å². The molecule has 0 spiro atoms. The van der Waals surface area contributed by atoms with E-state index in [1.165, 1.54) is 13.8 Å². The second-order valence-electron chi connectivity index (χ2n) is 12.1. The molecule has 0 heterocycles. The van der Waals surface area contributed by atoms with Crippen LogP contribution in [0.1, 0.15) is 59.8 Å². The number of aliphatic hydroxyl groups is 1. The molecular formula is C29H55N13O9. The number of carboxylic acid groups (broad SMARTS) is 1. The molecule has 51 heavy (non-hydrogen) atoms. The molecule has 0 aliphatic heterocycles. The lowest BCUT2D eigenvalue weighted by atomic mass is 10.0. The number of aliphatic carboxylic acids is 1. The molecule has 0 saturated carbocycles. The first-order valence-corrected chi connectivity index (χ1v) is 16.3. The molecule has 0 fully saturated rings. The number of aliphatic imine (C=N–C) groups is 2. The van der Waals surface area contributed by atoms with Gasteiger partial charge in [-0.1, -0.05) is 13.8 Å². The minimum atomic E-state index is -1.56. The molecule has 0 unspecified atom stereocenters. The van der Waals surface area contributed by atoms with Crippen molar-refractivity contribution in [2.75, 3.05) is 26.2 Å². The van der Waals surface area contributed by atoms with Crippen LogP contribution < -0.4 is 60.6 Å². The molecule has 0 saturated heterocycles. The van der Waals surface area contributed by atoms with Gasteiger partial charge in [0.2, 0.25) is 35.4 Å². The third-order valence-corrected chi connectivity index (χ3v) is 6.95. The van der Waals surface area contributed by atoms with Gasteiger partial charge in [-0.3, -0.25) is 43.5 Å². The summed E-state index contributed by atoms with van der Waals surface area (Å²) in [6.07, 6.45) is 0.638. The van der Waals surface area contributed by atoms with Gasteiger partial charge in [0.15, 0.2) is 11.9 Å². The van der Waals surface area contributed by atoms with Crippen molar-refractivity contribution in [2.24, 2.45) is 44.6 Å². The van der Waals surface area contributed by atoms with Gasteiger partial charge in [0.25, 0.3) is 0 Å². The molecule has 22 heteroatoms. The summed E-state index contributed by atoms with van der Waals surface area (Å²) >= 11 is 0. The smallest absolute Gasteiger partial charge is 0.322 e. The number of amides is 6. The summed E-state index contributed by atoms with van der Waals surface area (Å²) in [4.78, 5) is 95.8. The van der Waals surface area contributed by atoms with Crippen LogP contribution in [0.25, 0.3) is 0 Å². The van der Waals surface area contributed by atoms with Crippen molar-refractivity contribution >= 4 is 53.3 Å². The van der Waals surface area contributed by atoms with Gasteiger partial charge in [-0.25, -0.2) is 0 Å². The van der Waals surface area contributed by atoms with Crippen molar-refractivity contribution in [3.8, 4) is 0 Å². The van der Waals surface area contributed by atoms with Crippen LogP contribution in [-0.4, -0.2) is 126 Å². The van der Waals surface area contributed by atoms with Crippen LogP contribution in [0.5, 0.6) is 0 Å². The zero-order valence-electron chi connectivity index (χ0n) is 29.4. The topological polar surface area (TPSA) is 387 Å². The van der Waals surface area contributed by atoms with E-state index >= 15 is 0 Å². The highest BCUT2D eigenvalue weighted by Crippen LogP contribution is 2.06. The number of nitrogens with two attached hydrogens (primary N) is 5. The molecule has 6 atom stereocenters. The highest BCUT2D eigenvalue weighted by Gasteiger charge is 2.31. The maximum atomic E-state index is 13.5. The van der Waals surface area contributed by atoms with Gasteiger partial charge < -0.3 is 70.8 Å². The van der Waals surface area contributed by atoms with E-state index in [9.17, 15) is 38.7 Å². The van der Waals surface area contributed by atoms with E-state index in [4.69, 9.17) is 33.8 Å². The fraction of sp³-hybridized carbons (Fsp3) is 0.690. The number of carbonyl (C=O) groups excluding carboxylic acids is 6. The maximum Gasteiger partial charge on any atom is 0.322 e. The SMILES string of the molecule is CC(C)C[C@H](N)C(=O)N[C@@H](C)C(=O)N[C@@H](C)C(=O)N[C@@H](CCCN=C(N)N)C(=O)N[C@@H](CCCN=C(N)N)C(=O)N[C@@H](CO)C(=O)NCC(=O)O. The number of carbonyl (C=O) groups is 7. The highest BCUT2D eigenvalue weighted by molar-refractivity contribution is 5.96. The van der Waals surface area contributed by atoms with Crippen molar-refractivity contribution in [3.63, 3.8) is 0 Å². The molecule has 0 aromatic heterocycles. The first kappa shape index (κ1) is 45.8. The first-order valence-electron chi connectivity index (χ1n) is 16.3. The van der Waals surface area contributed by atoms with Gasteiger partial charge >= 0.3 is 5.97 Å². The minimum absolute atomic E-state index is 0.0333. The van der Waals surface area contributed by atoms with Crippen LogP contribution in [0.2, 0.25) is 0 Å². The van der Waals surface area contributed by atoms with E-state index in [0.717, 1.165) is 0 Å². The predicted molar refractivity (Wildman–Crippen MR) is 186 cm³/mol. The van der Waals surface area contributed by atoms with Crippen molar-refractivity contribution < 1.29 is 43.8 Å². The molecule has 0 aromatic carbocycles. The zero-order valence-corrected chi connectivity index (χ0v) is 29.4. The Balaban J connectivity index is 5.92. The number of nitrogens with zero attached hydrogens (tertiary/aromatic N) is 2. The summed E-state index contributed by atoms with van der Waals surface area (Å²) in [5, 5.41) is 32.7. The Hall–Kier alpha value is -5.25. The van der Waals surface area contributed by atoms with E-state index < -0.39 is 90.8 Å². The molecular weight excluding hydrogens is 674 g/mol. The van der Waals surface area contributed by atoms with Gasteiger partial charge in [-0.05, 0) is 51.9 Å². The first-order chi connectivity index (χ1) is 23.8. The number of aliphatic hydroxyl groups excluding tert-OH is 1. The van der Waals surface area contributed by atoms with Crippen molar-refractivity contribution in [3.05, 3.63) is 0 Å². The second-order valence-corrected chi connectivity index (χ2v) is 12.1. The van der Waals surface area contributed by atoms with Crippen LogP contribution >= 0.6 is 0 Å². The maximum absolute atomic E-state index is 13.5. The summed E-state index contributed by atoms with van der Waals surface area (Å²) in [6, 6.07) is -7.28. The average molecular weight is 730 g/mol. The standard InChI is InChI=1S/C29H55N13O9/c1-14(2)11-17(30)24(48)39-15(3)22(46)38-16(4)23(47)40-18(7-5-9-35-28(31)32)26(50)41-19(8-6-10-36-29(33)34)27(51)42-20(13-43)25(49)37-12-21(44)45/h14-20,43H,5-13,30H2,1-4H3,(H,37,49)(H,38,46)(H,39,48)(H,40,47)(H,41,50)(H,42,51)(H,44,45)(H4,31,32,35)(H4,33,34,36)/t15-,16-,17-,18-,19-,20-/m0/s1. The summed E-state index contributed by atoms with van der Waals surface area (Å²) < 4.78 is 0. The lowest BCUT2D eigenvalue weighted by Gasteiger charge is -2.26. The van der Waals surface area contributed by atoms with Gasteiger partial charge in [0.1, 0.15) is 36.8 Å². The van der Waals surface area contributed by atoms with E-state index in [0.29, 0.717) is 6.42 Å². The average Bonchev–Trinajstić information content (AvgIpc) is 3.03. The Kier molecular flexibility index (Phi) is 21.5. The lowest BCUT2D eigenvalue weighted by Crippen LogP contribution is -2.59. The van der Waals surface area contributed by atoms with Crippen molar-refractivity contribution in [1.29, 1.82) is 0 Å². The predicted octanol–water partition coefficient (Wildman–Crippen LogP) is -5.88. The second kappa shape index (κ2) is 24.0. The molecule has 0 radical (unpaired) electrons. The van der Waals surface area contributed by atoms with Crippen LogP contribution in [0.3, 0.4) is 0 Å². The quantitative estimate of drug-likeness (QED) is 0.0250. The third kappa shape index (κ3) is 20.1. The highest BCUT2D eigenvalue weighted by atomic mass is 16.4. The number of nitrogens with one attached hydrogen (secondary N) is 6. The molecule has 0 rings (SSSR count). The summed E-state index contributed by atoms with van der Waals surface area (Å²) in [6.45, 7) is 5.01. The molecule has 290 valence electrons. The van der Waals surface area contributed by atoms with Gasteiger partial charge in [0, 0.05) is 13.1 Å². The van der Waals surface area contributed by atoms with Crippen molar-refractivity contribution in [1.82, 2.24) is 31.9 Å². The van der Waals surface area contributed by atoms with Gasteiger partial charge in [-0.15, -0.1) is 0 Å². The lowest BCUT2D eigenvalue weighted by molar-refractivity contribution is -0.139. The minimum Gasteiger partial charge on any atom is -0.480 e. The Labute approximate surface area is 295 Å². The molecule has 0 aliphatic rings. The Morgan fingerprint density at radius 2 is 1.02 bits per heavy atom. The fourth-order valence-corrected chi connectivity index (χ4v) is 4.27. The largest absolute Gasteiger partial charge is 0.480 e. The van der Waals surface area contributed by atoms with Crippen LogP contribution in [0.15, 0.2) is 9.98 Å². The molecule has 0 bridgehead atoms. The normalized spacial score (nSPS) is 14.3. The fourth-order valence-electron chi connectivity index (χ4n) is 4.27. The number of guanidine groups is 2. The molecule has 22 nitrogen and oxygen atoms in total. The molecule has 0 aliphatic carbocycles. The van der Waals surface area contributed by atoms with Crippen molar-refractivity contribution in [2.45, 2.75) is 96.1 Å². The van der Waals surface area contributed by atoms with Crippen LogP contribution in [-0.2, 0) is 33.6 Å². The third-order valence-electron chi connectivity index (χ3n) is 6.95.